The first-order valence-corrected chi connectivity index (χ1v) is 9.04. The van der Waals surface area contributed by atoms with Gasteiger partial charge in [0.1, 0.15) is 5.76 Å². The number of aryl methyl sites for hydroxylation is 1. The molecule has 0 saturated carbocycles. The highest BCUT2D eigenvalue weighted by atomic mass is 32.2. The van der Waals surface area contributed by atoms with Crippen LogP contribution in [0.1, 0.15) is 24.3 Å². The summed E-state index contributed by atoms with van der Waals surface area (Å²) in [5.74, 6) is 0.465. The Bertz CT molecular complexity index is 782. The van der Waals surface area contributed by atoms with Crippen molar-refractivity contribution in [3.63, 3.8) is 0 Å². The maximum absolute atomic E-state index is 12.0. The Morgan fingerprint density at radius 2 is 2.04 bits per heavy atom. The molecule has 124 valence electrons. The second kappa shape index (κ2) is 6.87. The Balaban J connectivity index is 1.99. The fourth-order valence-electron chi connectivity index (χ4n) is 2.10. The molecule has 1 amide bonds. The van der Waals surface area contributed by atoms with Crippen molar-refractivity contribution < 1.29 is 17.6 Å². The van der Waals surface area contributed by atoms with Gasteiger partial charge in [0.15, 0.2) is 9.84 Å². The summed E-state index contributed by atoms with van der Waals surface area (Å²) < 4.78 is 28.4. The standard InChI is InChI=1S/C16H20N2O4S/c1-11-6-7-13(23(3,20)21)9-14(11)17-10-16(19)18-12(2)15-5-4-8-22-15/h4-9,12,17H,10H2,1-3H3,(H,18,19)/t12-/m0/s1. The topological polar surface area (TPSA) is 88.4 Å². The lowest BCUT2D eigenvalue weighted by atomic mass is 10.2. The van der Waals surface area contributed by atoms with Gasteiger partial charge in [0.05, 0.1) is 23.7 Å². The van der Waals surface area contributed by atoms with Gasteiger partial charge in [0, 0.05) is 11.9 Å². The zero-order valence-electron chi connectivity index (χ0n) is 13.3. The number of amides is 1. The minimum Gasteiger partial charge on any atom is -0.467 e. The van der Waals surface area contributed by atoms with Gasteiger partial charge in [0.2, 0.25) is 5.91 Å². The van der Waals surface area contributed by atoms with Crippen LogP contribution in [0, 0.1) is 6.92 Å². The zero-order valence-corrected chi connectivity index (χ0v) is 14.1. The van der Waals surface area contributed by atoms with Crippen LogP contribution in [0.3, 0.4) is 0 Å². The molecule has 1 aromatic heterocycles. The molecule has 0 saturated heterocycles. The average molecular weight is 336 g/mol. The Labute approximate surface area is 135 Å². The predicted octanol–water partition coefficient (Wildman–Crippen LogP) is 2.28. The fourth-order valence-corrected chi connectivity index (χ4v) is 2.75. The van der Waals surface area contributed by atoms with Crippen molar-refractivity contribution in [1.29, 1.82) is 0 Å². The molecule has 0 aliphatic rings. The first-order valence-electron chi connectivity index (χ1n) is 7.14. The lowest BCUT2D eigenvalue weighted by molar-refractivity contribution is -0.120. The SMILES string of the molecule is Cc1ccc(S(C)(=O)=O)cc1NCC(=O)N[C@@H](C)c1ccco1. The molecular weight excluding hydrogens is 316 g/mol. The molecule has 0 aliphatic heterocycles. The van der Waals surface area contributed by atoms with Crippen LogP contribution in [-0.4, -0.2) is 27.1 Å². The summed E-state index contributed by atoms with van der Waals surface area (Å²) in [5.41, 5.74) is 1.48. The van der Waals surface area contributed by atoms with Gasteiger partial charge in [-0.3, -0.25) is 4.79 Å². The number of rotatable bonds is 6. The summed E-state index contributed by atoms with van der Waals surface area (Å²) >= 11 is 0. The molecule has 0 fully saturated rings. The second-order valence-corrected chi connectivity index (χ2v) is 7.42. The molecule has 0 radical (unpaired) electrons. The van der Waals surface area contributed by atoms with E-state index in [1.54, 1.807) is 30.5 Å². The van der Waals surface area contributed by atoms with Crippen molar-refractivity contribution >= 4 is 21.4 Å². The normalized spacial score (nSPS) is 12.7. The Hall–Kier alpha value is -2.28. The smallest absolute Gasteiger partial charge is 0.239 e. The van der Waals surface area contributed by atoms with Gasteiger partial charge in [-0.25, -0.2) is 8.42 Å². The van der Waals surface area contributed by atoms with E-state index in [1.807, 2.05) is 13.8 Å². The average Bonchev–Trinajstić information content (AvgIpc) is 2.99. The number of hydrogen-bond donors (Lipinski definition) is 2. The number of carbonyl (C=O) groups is 1. The Morgan fingerprint density at radius 3 is 2.65 bits per heavy atom. The molecule has 1 atom stereocenters. The van der Waals surface area contributed by atoms with E-state index in [-0.39, 0.29) is 23.4 Å². The molecule has 0 bridgehead atoms. The maximum atomic E-state index is 12.0. The lowest BCUT2D eigenvalue weighted by Gasteiger charge is -2.14. The van der Waals surface area contributed by atoms with E-state index in [1.165, 1.54) is 6.07 Å². The number of nitrogens with one attached hydrogen (secondary N) is 2. The predicted molar refractivity (Wildman–Crippen MR) is 88.0 cm³/mol. The second-order valence-electron chi connectivity index (χ2n) is 5.41. The van der Waals surface area contributed by atoms with Crippen LogP contribution in [0.5, 0.6) is 0 Å². The molecule has 0 aliphatic carbocycles. The summed E-state index contributed by atoms with van der Waals surface area (Å²) in [6.07, 6.45) is 2.70. The number of anilines is 1. The quantitative estimate of drug-likeness (QED) is 0.845. The van der Waals surface area contributed by atoms with Crippen molar-refractivity contribution in [2.24, 2.45) is 0 Å². The molecule has 6 nitrogen and oxygen atoms in total. The van der Waals surface area contributed by atoms with E-state index in [0.29, 0.717) is 11.4 Å². The third kappa shape index (κ3) is 4.59. The first kappa shape index (κ1) is 17.1. The molecule has 2 aromatic rings. The number of furan rings is 1. The minimum absolute atomic E-state index is 0.0408. The number of benzene rings is 1. The number of carbonyl (C=O) groups excluding carboxylic acids is 1. The van der Waals surface area contributed by atoms with Gasteiger partial charge in [-0.1, -0.05) is 6.07 Å². The highest BCUT2D eigenvalue weighted by Crippen LogP contribution is 2.20. The van der Waals surface area contributed by atoms with Gasteiger partial charge in [0.25, 0.3) is 0 Å². The minimum atomic E-state index is -3.28. The van der Waals surface area contributed by atoms with E-state index in [4.69, 9.17) is 4.42 Å². The van der Waals surface area contributed by atoms with Crippen molar-refractivity contribution in [2.75, 3.05) is 18.1 Å². The first-order chi connectivity index (χ1) is 10.8. The fraction of sp³-hybridized carbons (Fsp3) is 0.312. The highest BCUT2D eigenvalue weighted by molar-refractivity contribution is 7.90. The van der Waals surface area contributed by atoms with Crippen LogP contribution >= 0.6 is 0 Å². The van der Waals surface area contributed by atoms with Crippen LogP contribution in [0.15, 0.2) is 45.9 Å². The summed E-state index contributed by atoms with van der Waals surface area (Å²) in [6, 6.07) is 8.11. The maximum Gasteiger partial charge on any atom is 0.239 e. The Kier molecular flexibility index (Phi) is 5.10. The molecule has 23 heavy (non-hydrogen) atoms. The number of hydrogen-bond acceptors (Lipinski definition) is 5. The van der Waals surface area contributed by atoms with Gasteiger partial charge in [-0.05, 0) is 43.7 Å². The van der Waals surface area contributed by atoms with Gasteiger partial charge in [-0.2, -0.15) is 0 Å². The summed E-state index contributed by atoms with van der Waals surface area (Å²) in [7, 11) is -3.28. The molecule has 1 aromatic carbocycles. The molecule has 0 unspecified atom stereocenters. The van der Waals surface area contributed by atoms with Crippen LogP contribution in [-0.2, 0) is 14.6 Å². The van der Waals surface area contributed by atoms with E-state index in [0.717, 1.165) is 11.8 Å². The van der Waals surface area contributed by atoms with Crippen LogP contribution in [0.4, 0.5) is 5.69 Å². The van der Waals surface area contributed by atoms with E-state index in [9.17, 15) is 13.2 Å². The molecular formula is C16H20N2O4S. The third-order valence-electron chi connectivity index (χ3n) is 3.42. The molecule has 7 heteroatoms. The van der Waals surface area contributed by atoms with E-state index < -0.39 is 9.84 Å². The summed E-state index contributed by atoms with van der Waals surface area (Å²) in [4.78, 5) is 12.2. The van der Waals surface area contributed by atoms with Gasteiger partial charge < -0.3 is 15.1 Å². The van der Waals surface area contributed by atoms with Crippen molar-refractivity contribution in [3.05, 3.63) is 47.9 Å². The van der Waals surface area contributed by atoms with E-state index in [2.05, 4.69) is 10.6 Å². The summed E-state index contributed by atoms with van der Waals surface area (Å²) in [6.45, 7) is 3.71. The molecule has 2 rings (SSSR count). The van der Waals surface area contributed by atoms with Crippen LogP contribution in [0.2, 0.25) is 0 Å². The monoisotopic (exact) mass is 336 g/mol. The lowest BCUT2D eigenvalue weighted by Crippen LogP contribution is -2.32. The molecule has 0 spiro atoms. The van der Waals surface area contributed by atoms with Crippen LogP contribution in [0.25, 0.3) is 0 Å². The van der Waals surface area contributed by atoms with Crippen LogP contribution < -0.4 is 10.6 Å². The van der Waals surface area contributed by atoms with E-state index >= 15 is 0 Å². The third-order valence-corrected chi connectivity index (χ3v) is 4.53. The van der Waals surface area contributed by atoms with Gasteiger partial charge >= 0.3 is 0 Å². The number of sulfone groups is 1. The zero-order chi connectivity index (χ0) is 17.0. The Morgan fingerprint density at radius 1 is 1.30 bits per heavy atom. The van der Waals surface area contributed by atoms with Crippen molar-refractivity contribution in [3.8, 4) is 0 Å². The highest BCUT2D eigenvalue weighted by Gasteiger charge is 2.13. The van der Waals surface area contributed by atoms with Crippen molar-refractivity contribution in [2.45, 2.75) is 24.8 Å². The summed E-state index contributed by atoms with van der Waals surface area (Å²) in [5, 5.41) is 5.77. The molecule has 1 heterocycles. The largest absolute Gasteiger partial charge is 0.467 e. The van der Waals surface area contributed by atoms with Gasteiger partial charge in [-0.15, -0.1) is 0 Å². The molecule has 2 N–H and O–H groups in total. The van der Waals surface area contributed by atoms with Crippen molar-refractivity contribution in [1.82, 2.24) is 5.32 Å².